The van der Waals surface area contributed by atoms with E-state index in [2.05, 4.69) is 194 Å². The van der Waals surface area contributed by atoms with Crippen molar-refractivity contribution >= 4 is 36.5 Å². The van der Waals surface area contributed by atoms with Crippen molar-refractivity contribution in [2.75, 3.05) is 0 Å². The Bertz CT molecular complexity index is 1840. The Morgan fingerprint density at radius 1 is 0.238 bits per heavy atom. The summed E-state index contributed by atoms with van der Waals surface area (Å²) in [5.41, 5.74) is 11.9. The lowest BCUT2D eigenvalue weighted by Crippen LogP contribution is -1.93. The minimum Gasteiger partial charge on any atom is -0.0622 e. The molecular formula is C42H32. The summed E-state index contributed by atoms with van der Waals surface area (Å²) < 4.78 is 0. The lowest BCUT2D eigenvalue weighted by atomic mass is 9.86. The SMILES string of the molecule is C(=Cc1ccccc1-c1cccc(C=Cc2ccccc2)c1-c1ccccc1C=Cc1ccccc1)c1ccccc1. The van der Waals surface area contributed by atoms with Crippen molar-refractivity contribution < 1.29 is 0 Å². The first kappa shape index (κ1) is 26.7. The third kappa shape index (κ3) is 6.46. The smallest absolute Gasteiger partial charge is 0.00266 e. The zero-order chi connectivity index (χ0) is 28.4. The first-order valence-electron chi connectivity index (χ1n) is 14.4. The lowest BCUT2D eigenvalue weighted by molar-refractivity contribution is 1.54. The van der Waals surface area contributed by atoms with Crippen LogP contribution < -0.4 is 0 Å². The summed E-state index contributed by atoms with van der Waals surface area (Å²) in [5.74, 6) is 0. The van der Waals surface area contributed by atoms with E-state index >= 15 is 0 Å². The molecule has 0 aliphatic heterocycles. The van der Waals surface area contributed by atoms with Crippen LogP contribution >= 0.6 is 0 Å². The maximum atomic E-state index is 2.25. The van der Waals surface area contributed by atoms with Crippen molar-refractivity contribution in [3.8, 4) is 22.3 Å². The van der Waals surface area contributed by atoms with E-state index in [1.807, 2.05) is 0 Å². The van der Waals surface area contributed by atoms with Gasteiger partial charge in [0.15, 0.2) is 0 Å². The third-order valence-electron chi connectivity index (χ3n) is 7.34. The fourth-order valence-corrected chi connectivity index (χ4v) is 5.24. The largest absolute Gasteiger partial charge is 0.0622 e. The van der Waals surface area contributed by atoms with Gasteiger partial charge in [0.1, 0.15) is 0 Å². The molecule has 0 N–H and O–H groups in total. The molecule has 0 radical (unpaired) electrons. The van der Waals surface area contributed by atoms with Crippen molar-refractivity contribution in [3.05, 3.63) is 191 Å². The predicted octanol–water partition coefficient (Wildman–Crippen LogP) is 11.5. The molecule has 0 aliphatic rings. The van der Waals surface area contributed by atoms with Crippen LogP contribution in [0.3, 0.4) is 0 Å². The molecule has 0 unspecified atom stereocenters. The molecule has 0 atom stereocenters. The van der Waals surface area contributed by atoms with Crippen molar-refractivity contribution in [1.29, 1.82) is 0 Å². The molecule has 42 heavy (non-hydrogen) atoms. The number of hydrogen-bond acceptors (Lipinski definition) is 0. The van der Waals surface area contributed by atoms with Gasteiger partial charge in [-0.05, 0) is 55.6 Å². The summed E-state index contributed by atoms with van der Waals surface area (Å²) >= 11 is 0. The summed E-state index contributed by atoms with van der Waals surface area (Å²) in [6, 6.07) is 55.5. The van der Waals surface area contributed by atoms with Crippen LogP contribution in [0.25, 0.3) is 58.7 Å². The van der Waals surface area contributed by atoms with Crippen molar-refractivity contribution in [2.45, 2.75) is 0 Å². The monoisotopic (exact) mass is 536 g/mol. The van der Waals surface area contributed by atoms with Gasteiger partial charge in [-0.1, -0.05) is 194 Å². The molecule has 0 saturated heterocycles. The van der Waals surface area contributed by atoms with Crippen molar-refractivity contribution in [2.24, 2.45) is 0 Å². The predicted molar refractivity (Wildman–Crippen MR) is 183 cm³/mol. The Hall–Kier alpha value is -5.46. The maximum Gasteiger partial charge on any atom is -0.00266 e. The maximum absolute atomic E-state index is 2.25. The molecule has 0 saturated carbocycles. The van der Waals surface area contributed by atoms with Gasteiger partial charge in [-0.15, -0.1) is 0 Å². The minimum absolute atomic E-state index is 1.18. The average molecular weight is 537 g/mol. The molecule has 6 rings (SSSR count). The summed E-state index contributed by atoms with van der Waals surface area (Å²) in [4.78, 5) is 0. The Balaban J connectivity index is 1.52. The molecule has 0 bridgehead atoms. The van der Waals surface area contributed by atoms with Crippen LogP contribution in [0.15, 0.2) is 158 Å². The zero-order valence-electron chi connectivity index (χ0n) is 23.5. The number of rotatable bonds is 8. The van der Waals surface area contributed by atoms with Gasteiger partial charge in [0.2, 0.25) is 0 Å². The van der Waals surface area contributed by atoms with Gasteiger partial charge in [0, 0.05) is 0 Å². The molecule has 0 nitrogen and oxygen atoms in total. The fourth-order valence-electron chi connectivity index (χ4n) is 5.24. The first-order chi connectivity index (χ1) is 20.8. The van der Waals surface area contributed by atoms with E-state index in [1.165, 1.54) is 55.6 Å². The van der Waals surface area contributed by atoms with Crippen molar-refractivity contribution in [1.82, 2.24) is 0 Å². The Kier molecular flexibility index (Phi) is 8.45. The van der Waals surface area contributed by atoms with Crippen molar-refractivity contribution in [3.63, 3.8) is 0 Å². The van der Waals surface area contributed by atoms with Crippen LogP contribution in [0.4, 0.5) is 0 Å². The number of hydrogen-bond donors (Lipinski definition) is 0. The van der Waals surface area contributed by atoms with Gasteiger partial charge < -0.3 is 0 Å². The molecule has 200 valence electrons. The van der Waals surface area contributed by atoms with Crippen LogP contribution in [0.2, 0.25) is 0 Å². The molecule has 0 aliphatic carbocycles. The standard InChI is InChI=1S/C42H32/c1-4-15-33(16-5-1)27-30-36-21-10-12-24-39(36)41-26-14-23-38(32-29-35-19-8-3-9-20-35)42(41)40-25-13-11-22-37(40)31-28-34-17-6-2-7-18-34/h1-32H. The van der Waals surface area contributed by atoms with Gasteiger partial charge in [-0.25, -0.2) is 0 Å². The second-order valence-corrected chi connectivity index (χ2v) is 10.2. The highest BCUT2D eigenvalue weighted by molar-refractivity contribution is 5.97. The molecule has 6 aromatic carbocycles. The molecule has 0 spiro atoms. The molecule has 0 amide bonds. The summed E-state index contributed by atoms with van der Waals surface area (Å²) in [5, 5.41) is 0. The highest BCUT2D eigenvalue weighted by atomic mass is 14.2. The first-order valence-corrected chi connectivity index (χ1v) is 14.4. The zero-order valence-corrected chi connectivity index (χ0v) is 23.5. The Morgan fingerprint density at radius 3 is 1.12 bits per heavy atom. The van der Waals surface area contributed by atoms with Gasteiger partial charge in [-0.2, -0.15) is 0 Å². The Morgan fingerprint density at radius 2 is 0.595 bits per heavy atom. The van der Waals surface area contributed by atoms with Crippen LogP contribution in [0, 0.1) is 0 Å². The van der Waals surface area contributed by atoms with E-state index in [1.54, 1.807) is 0 Å². The van der Waals surface area contributed by atoms with E-state index in [9.17, 15) is 0 Å². The molecule has 0 heteroatoms. The van der Waals surface area contributed by atoms with E-state index < -0.39 is 0 Å². The van der Waals surface area contributed by atoms with Crippen LogP contribution in [0.5, 0.6) is 0 Å². The second-order valence-electron chi connectivity index (χ2n) is 10.2. The lowest BCUT2D eigenvalue weighted by Gasteiger charge is -2.18. The normalized spacial score (nSPS) is 11.5. The fraction of sp³-hybridized carbons (Fsp3) is 0. The van der Waals surface area contributed by atoms with Gasteiger partial charge >= 0.3 is 0 Å². The third-order valence-corrected chi connectivity index (χ3v) is 7.34. The number of benzene rings is 6. The van der Waals surface area contributed by atoms with Gasteiger partial charge in [0.25, 0.3) is 0 Å². The van der Waals surface area contributed by atoms with Gasteiger partial charge in [0.05, 0.1) is 0 Å². The van der Waals surface area contributed by atoms with E-state index in [0.29, 0.717) is 0 Å². The Labute approximate surface area is 249 Å². The van der Waals surface area contributed by atoms with Crippen LogP contribution in [-0.4, -0.2) is 0 Å². The second kappa shape index (κ2) is 13.3. The van der Waals surface area contributed by atoms with Crippen LogP contribution in [-0.2, 0) is 0 Å². The van der Waals surface area contributed by atoms with Crippen LogP contribution in [0.1, 0.15) is 33.4 Å². The highest BCUT2D eigenvalue weighted by Gasteiger charge is 2.15. The van der Waals surface area contributed by atoms with E-state index in [0.717, 1.165) is 0 Å². The molecule has 0 heterocycles. The highest BCUT2D eigenvalue weighted by Crippen LogP contribution is 2.40. The van der Waals surface area contributed by atoms with Gasteiger partial charge in [-0.3, -0.25) is 0 Å². The van der Waals surface area contributed by atoms with E-state index in [-0.39, 0.29) is 0 Å². The average Bonchev–Trinajstić information content (AvgIpc) is 3.07. The van der Waals surface area contributed by atoms with E-state index in [4.69, 9.17) is 0 Å². The molecule has 0 fully saturated rings. The summed E-state index contributed by atoms with van der Waals surface area (Å²) in [7, 11) is 0. The summed E-state index contributed by atoms with van der Waals surface area (Å²) in [6.07, 6.45) is 13.3. The summed E-state index contributed by atoms with van der Waals surface area (Å²) in [6.45, 7) is 0. The minimum atomic E-state index is 1.18. The topological polar surface area (TPSA) is 0 Å². The quantitative estimate of drug-likeness (QED) is 0.170. The molecule has 6 aromatic rings. The molecular weight excluding hydrogens is 504 g/mol. The molecule has 0 aromatic heterocycles.